The molecule has 0 rings (SSSR count). The minimum Gasteiger partial charge on any atom is -0.373 e. The average Bonchev–Trinajstić information content (AvgIpc) is 2.17. The van der Waals surface area contributed by atoms with Crippen LogP contribution in [0.2, 0.25) is 18.1 Å². The number of halogens is 3. The first-order chi connectivity index (χ1) is 7.81. The SMILES string of the molecule is C=CC[Si](CC=C)(CC=C)NC(=O)C(F)(F)F. The monoisotopic (exact) mass is 263 g/mol. The molecule has 0 bridgehead atoms. The van der Waals surface area contributed by atoms with Crippen LogP contribution in [0.25, 0.3) is 0 Å². The second-order valence-corrected chi connectivity index (χ2v) is 7.75. The van der Waals surface area contributed by atoms with Crippen molar-refractivity contribution in [1.82, 2.24) is 4.98 Å². The molecule has 1 N–H and O–H groups in total. The van der Waals surface area contributed by atoms with E-state index in [9.17, 15) is 18.0 Å². The number of amides is 1. The molecule has 0 unspecified atom stereocenters. The number of carbonyl (C=O) groups is 1. The van der Waals surface area contributed by atoms with E-state index >= 15 is 0 Å². The molecule has 0 aromatic carbocycles. The van der Waals surface area contributed by atoms with Gasteiger partial charge >= 0.3 is 12.1 Å². The van der Waals surface area contributed by atoms with E-state index in [1.165, 1.54) is 18.2 Å². The van der Waals surface area contributed by atoms with Gasteiger partial charge in [0.25, 0.3) is 0 Å². The van der Waals surface area contributed by atoms with Gasteiger partial charge in [0, 0.05) is 0 Å². The molecule has 0 saturated carbocycles. The zero-order valence-corrected chi connectivity index (χ0v) is 10.5. The Morgan fingerprint density at radius 1 is 1.06 bits per heavy atom. The lowest BCUT2D eigenvalue weighted by atomic mass is 10.6. The van der Waals surface area contributed by atoms with Gasteiger partial charge in [-0.15, -0.1) is 19.7 Å². The summed E-state index contributed by atoms with van der Waals surface area (Å²) in [4.78, 5) is 13.1. The largest absolute Gasteiger partial charge is 0.470 e. The molecule has 0 aliphatic rings. The van der Waals surface area contributed by atoms with Crippen molar-refractivity contribution in [3.05, 3.63) is 38.0 Å². The normalized spacial score (nSPS) is 11.7. The smallest absolute Gasteiger partial charge is 0.373 e. The third kappa shape index (κ3) is 5.03. The quantitative estimate of drug-likeness (QED) is 0.555. The molecular weight excluding hydrogens is 247 g/mol. The average molecular weight is 263 g/mol. The van der Waals surface area contributed by atoms with Crippen LogP contribution in [0.1, 0.15) is 0 Å². The van der Waals surface area contributed by atoms with Gasteiger partial charge in [-0.3, -0.25) is 4.79 Å². The molecule has 17 heavy (non-hydrogen) atoms. The molecule has 1 amide bonds. The van der Waals surface area contributed by atoms with Gasteiger partial charge in [0.05, 0.1) is 0 Å². The number of carbonyl (C=O) groups excluding carboxylic acids is 1. The highest BCUT2D eigenvalue weighted by Crippen LogP contribution is 2.23. The highest BCUT2D eigenvalue weighted by atomic mass is 28.3. The zero-order valence-electron chi connectivity index (χ0n) is 9.52. The van der Waals surface area contributed by atoms with Crippen molar-refractivity contribution in [3.8, 4) is 0 Å². The molecule has 0 fully saturated rings. The van der Waals surface area contributed by atoms with Crippen molar-refractivity contribution in [2.24, 2.45) is 0 Å². The van der Waals surface area contributed by atoms with E-state index in [4.69, 9.17) is 0 Å². The predicted octanol–water partition coefficient (Wildman–Crippen LogP) is 3.17. The van der Waals surface area contributed by atoms with Crippen molar-refractivity contribution in [1.29, 1.82) is 0 Å². The third-order valence-electron chi connectivity index (χ3n) is 2.24. The molecule has 0 radical (unpaired) electrons. The molecule has 6 heteroatoms. The number of alkyl halides is 3. The van der Waals surface area contributed by atoms with E-state index in [0.29, 0.717) is 18.1 Å². The van der Waals surface area contributed by atoms with Crippen LogP contribution in [0.3, 0.4) is 0 Å². The Labute approximate surface area is 100.0 Å². The first-order valence-electron chi connectivity index (χ1n) is 5.03. The molecule has 0 aromatic heterocycles. The molecule has 96 valence electrons. The van der Waals surface area contributed by atoms with Gasteiger partial charge in [-0.1, -0.05) is 18.2 Å². The lowest BCUT2D eigenvalue weighted by Gasteiger charge is -2.29. The van der Waals surface area contributed by atoms with Gasteiger partial charge in [-0.05, 0) is 18.1 Å². The van der Waals surface area contributed by atoms with E-state index in [2.05, 4.69) is 24.7 Å². The molecule has 0 heterocycles. The van der Waals surface area contributed by atoms with Crippen molar-refractivity contribution in [2.45, 2.75) is 24.3 Å². The van der Waals surface area contributed by atoms with Crippen LogP contribution in [-0.4, -0.2) is 20.3 Å². The summed E-state index contributed by atoms with van der Waals surface area (Å²) < 4.78 is 36.7. The summed E-state index contributed by atoms with van der Waals surface area (Å²) in [6.45, 7) is 10.5. The maximum absolute atomic E-state index is 12.2. The fourth-order valence-electron chi connectivity index (χ4n) is 1.54. The summed E-state index contributed by atoms with van der Waals surface area (Å²) in [6, 6.07) is 1.06. The van der Waals surface area contributed by atoms with Gasteiger partial charge in [0.15, 0.2) is 8.24 Å². The van der Waals surface area contributed by atoms with E-state index in [0.717, 1.165) is 0 Å². The molecule has 2 nitrogen and oxygen atoms in total. The van der Waals surface area contributed by atoms with Gasteiger partial charge in [0.1, 0.15) is 0 Å². The first kappa shape index (κ1) is 15.7. The maximum Gasteiger partial charge on any atom is 0.470 e. The number of hydrogen-bond donors (Lipinski definition) is 1. The van der Waals surface area contributed by atoms with Crippen LogP contribution in [0.5, 0.6) is 0 Å². The Bertz CT molecular complexity index is 286. The fourth-order valence-corrected chi connectivity index (χ4v) is 4.63. The van der Waals surface area contributed by atoms with Crippen LogP contribution < -0.4 is 4.98 Å². The number of allylic oxidation sites excluding steroid dienone is 3. The lowest BCUT2D eigenvalue weighted by molar-refractivity contribution is -0.171. The summed E-state index contributed by atoms with van der Waals surface area (Å²) in [7, 11) is -2.64. The number of nitrogens with one attached hydrogen (secondary N) is 1. The van der Waals surface area contributed by atoms with Gasteiger partial charge in [-0.2, -0.15) is 13.2 Å². The minimum absolute atomic E-state index is 0.354. The highest BCUT2D eigenvalue weighted by molar-refractivity contribution is 6.80. The third-order valence-corrected chi connectivity index (χ3v) is 6.21. The van der Waals surface area contributed by atoms with E-state index in [1.54, 1.807) is 0 Å². The molecular formula is C11H16F3NOSi. The number of hydrogen-bond acceptors (Lipinski definition) is 1. The predicted molar refractivity (Wildman–Crippen MR) is 65.0 cm³/mol. The Kier molecular flexibility index (Phi) is 5.94. The molecule has 0 saturated heterocycles. The summed E-state index contributed by atoms with van der Waals surface area (Å²) >= 11 is 0. The fraction of sp³-hybridized carbons (Fsp3) is 0.364. The summed E-state index contributed by atoms with van der Waals surface area (Å²) in [5, 5.41) is 0. The van der Waals surface area contributed by atoms with Crippen LogP contribution in [0, 0.1) is 0 Å². The summed E-state index contributed by atoms with van der Waals surface area (Å²) in [6.07, 6.45) is -0.288. The standard InChI is InChI=1S/C11H16F3NOSi/c1-4-7-17(8-5-2,9-6-3)15-10(16)11(12,13)14/h4-6H,1-3,7-9H2,(H,15,16). The van der Waals surface area contributed by atoms with Crippen LogP contribution in [0.15, 0.2) is 38.0 Å². The Morgan fingerprint density at radius 3 is 1.65 bits per heavy atom. The topological polar surface area (TPSA) is 29.1 Å². The van der Waals surface area contributed by atoms with E-state index in [-0.39, 0.29) is 0 Å². The molecule has 0 aromatic rings. The summed E-state index contributed by atoms with van der Waals surface area (Å²) in [5.41, 5.74) is 0. The van der Waals surface area contributed by atoms with E-state index < -0.39 is 20.3 Å². The molecule has 0 atom stereocenters. The second kappa shape index (κ2) is 6.44. The Hall–Kier alpha value is -1.30. The van der Waals surface area contributed by atoms with Gasteiger partial charge < -0.3 is 4.98 Å². The van der Waals surface area contributed by atoms with Crippen LogP contribution in [-0.2, 0) is 4.79 Å². The summed E-state index contributed by atoms with van der Waals surface area (Å²) in [5.74, 6) is -1.89. The van der Waals surface area contributed by atoms with E-state index in [1.807, 2.05) is 0 Å². The Morgan fingerprint density at radius 2 is 1.41 bits per heavy atom. The Balaban J connectivity index is 5.00. The molecule has 0 aliphatic heterocycles. The van der Waals surface area contributed by atoms with Crippen molar-refractivity contribution in [2.75, 3.05) is 0 Å². The molecule has 0 spiro atoms. The van der Waals surface area contributed by atoms with Crippen molar-refractivity contribution >= 4 is 14.1 Å². The van der Waals surface area contributed by atoms with Crippen LogP contribution >= 0.6 is 0 Å². The van der Waals surface area contributed by atoms with Gasteiger partial charge in [-0.25, -0.2) is 0 Å². The maximum atomic E-state index is 12.2. The number of rotatable bonds is 7. The molecule has 0 aliphatic carbocycles. The lowest BCUT2D eigenvalue weighted by Crippen LogP contribution is -2.56. The zero-order chi connectivity index (χ0) is 13.5. The minimum atomic E-state index is -4.86. The first-order valence-corrected chi connectivity index (χ1v) is 7.65. The van der Waals surface area contributed by atoms with Crippen LogP contribution in [0.4, 0.5) is 13.2 Å². The highest BCUT2D eigenvalue weighted by Gasteiger charge is 2.43. The van der Waals surface area contributed by atoms with Crippen molar-refractivity contribution in [3.63, 3.8) is 0 Å². The van der Waals surface area contributed by atoms with Crippen molar-refractivity contribution < 1.29 is 18.0 Å². The second-order valence-electron chi connectivity index (χ2n) is 3.71. The van der Waals surface area contributed by atoms with Gasteiger partial charge in [0.2, 0.25) is 0 Å².